The second-order valence-corrected chi connectivity index (χ2v) is 7.22. The summed E-state index contributed by atoms with van der Waals surface area (Å²) in [6.07, 6.45) is 4.59. The molecule has 0 saturated heterocycles. The van der Waals surface area contributed by atoms with Gasteiger partial charge in [0.05, 0.1) is 5.60 Å². The Morgan fingerprint density at radius 3 is 2.48 bits per heavy atom. The zero-order valence-corrected chi connectivity index (χ0v) is 14.9. The van der Waals surface area contributed by atoms with Crippen LogP contribution in [0.1, 0.15) is 49.3 Å². The molecule has 4 nitrogen and oxygen atoms in total. The van der Waals surface area contributed by atoms with Crippen LogP contribution in [0, 0.1) is 6.92 Å². The van der Waals surface area contributed by atoms with E-state index < -0.39 is 5.60 Å². The zero-order valence-electron chi connectivity index (χ0n) is 14.9. The van der Waals surface area contributed by atoms with Crippen LogP contribution in [-0.2, 0) is 4.79 Å². The van der Waals surface area contributed by atoms with E-state index in [9.17, 15) is 9.90 Å². The van der Waals surface area contributed by atoms with Crippen molar-refractivity contribution in [3.63, 3.8) is 0 Å². The van der Waals surface area contributed by atoms with Gasteiger partial charge in [-0.2, -0.15) is 0 Å². The maximum Gasteiger partial charge on any atom is 0.244 e. The lowest BCUT2D eigenvalue weighted by atomic mass is 9.97. The molecule has 0 heterocycles. The number of carbonyl (C=O) groups excluding carboxylic acids is 1. The Labute approximate surface area is 140 Å². The molecular weight excluding hydrogens is 288 g/mol. The highest BCUT2D eigenvalue weighted by atomic mass is 16.3. The molecule has 1 saturated carbocycles. The van der Waals surface area contributed by atoms with Crippen molar-refractivity contribution in [3.8, 4) is 0 Å². The van der Waals surface area contributed by atoms with Crippen LogP contribution in [0.3, 0.4) is 0 Å². The second kappa shape index (κ2) is 7.45. The van der Waals surface area contributed by atoms with Gasteiger partial charge in [0.2, 0.25) is 5.91 Å². The van der Waals surface area contributed by atoms with Crippen molar-refractivity contribution in [2.45, 2.75) is 50.7 Å². The number of amides is 1. The second-order valence-electron chi connectivity index (χ2n) is 7.22. The first-order valence-electron chi connectivity index (χ1n) is 8.53. The maximum absolute atomic E-state index is 12.9. The van der Waals surface area contributed by atoms with Gasteiger partial charge in [0, 0.05) is 13.6 Å². The van der Waals surface area contributed by atoms with Crippen LogP contribution in [0.5, 0.6) is 0 Å². The van der Waals surface area contributed by atoms with Crippen molar-refractivity contribution in [2.24, 2.45) is 0 Å². The first-order chi connectivity index (χ1) is 10.8. The van der Waals surface area contributed by atoms with Crippen LogP contribution in [0.15, 0.2) is 24.3 Å². The molecule has 0 aromatic heterocycles. The number of carbonyl (C=O) groups is 1. The van der Waals surface area contributed by atoms with Crippen LogP contribution >= 0.6 is 0 Å². The first-order valence-corrected chi connectivity index (χ1v) is 8.53. The highest BCUT2D eigenvalue weighted by molar-refractivity contribution is 5.83. The summed E-state index contributed by atoms with van der Waals surface area (Å²) in [6, 6.07) is 7.84. The average molecular weight is 318 g/mol. The first kappa shape index (κ1) is 18.0. The van der Waals surface area contributed by atoms with E-state index in [2.05, 4.69) is 6.07 Å². The summed E-state index contributed by atoms with van der Waals surface area (Å²) in [4.78, 5) is 16.6. The number of aryl methyl sites for hydroxylation is 1. The Morgan fingerprint density at radius 1 is 1.26 bits per heavy atom. The fourth-order valence-electron chi connectivity index (χ4n) is 3.48. The van der Waals surface area contributed by atoms with Crippen molar-refractivity contribution >= 4 is 5.91 Å². The Morgan fingerprint density at radius 2 is 1.91 bits per heavy atom. The third-order valence-corrected chi connectivity index (χ3v) is 4.93. The predicted molar refractivity (Wildman–Crippen MR) is 93.3 cm³/mol. The quantitative estimate of drug-likeness (QED) is 0.877. The van der Waals surface area contributed by atoms with Gasteiger partial charge in [-0.15, -0.1) is 0 Å². The molecule has 1 aromatic rings. The third kappa shape index (κ3) is 4.55. The highest BCUT2D eigenvalue weighted by Crippen LogP contribution is 2.32. The third-order valence-electron chi connectivity index (χ3n) is 4.93. The number of aliphatic hydroxyl groups is 1. The Hall–Kier alpha value is -1.39. The minimum absolute atomic E-state index is 0.0854. The smallest absolute Gasteiger partial charge is 0.244 e. The Kier molecular flexibility index (Phi) is 5.82. The maximum atomic E-state index is 12.9. The fraction of sp³-hybridized carbons (Fsp3) is 0.632. The van der Waals surface area contributed by atoms with E-state index in [-0.39, 0.29) is 11.9 Å². The van der Waals surface area contributed by atoms with Crippen molar-refractivity contribution < 1.29 is 9.90 Å². The van der Waals surface area contributed by atoms with Gasteiger partial charge in [0.15, 0.2) is 0 Å². The molecule has 1 atom stereocenters. The Balaban J connectivity index is 2.05. The summed E-state index contributed by atoms with van der Waals surface area (Å²) in [5.41, 5.74) is 1.61. The molecule has 1 N–H and O–H groups in total. The number of benzene rings is 1. The van der Waals surface area contributed by atoms with E-state index in [1.165, 1.54) is 0 Å². The molecular formula is C19H30N2O2. The fourth-order valence-corrected chi connectivity index (χ4v) is 3.48. The molecule has 0 spiro atoms. The van der Waals surface area contributed by atoms with Crippen LogP contribution in [0.2, 0.25) is 0 Å². The van der Waals surface area contributed by atoms with Gasteiger partial charge in [-0.05, 0) is 45.8 Å². The normalized spacial score (nSPS) is 18.2. The van der Waals surface area contributed by atoms with Gasteiger partial charge in [0.1, 0.15) is 6.04 Å². The topological polar surface area (TPSA) is 43.8 Å². The summed E-state index contributed by atoms with van der Waals surface area (Å²) >= 11 is 0. The molecule has 23 heavy (non-hydrogen) atoms. The zero-order chi connectivity index (χ0) is 17.0. The molecule has 0 aliphatic heterocycles. The van der Waals surface area contributed by atoms with Gasteiger partial charge in [-0.1, -0.05) is 42.7 Å². The standard InChI is InChI=1S/C19H30N2O2/c1-15-8-7-9-16(14-15)17(20(2)3)18(22)21(4)13-12-19(23)10-5-6-11-19/h7-9,14,17,23H,5-6,10-13H2,1-4H3/t17-/m1/s1. The summed E-state index contributed by atoms with van der Waals surface area (Å²) in [5.74, 6) is 0.0854. The van der Waals surface area contributed by atoms with E-state index in [1.807, 2.05) is 51.2 Å². The lowest BCUT2D eigenvalue weighted by Crippen LogP contribution is -2.41. The average Bonchev–Trinajstić information content (AvgIpc) is 2.92. The summed E-state index contributed by atoms with van der Waals surface area (Å²) < 4.78 is 0. The van der Waals surface area contributed by atoms with Gasteiger partial charge >= 0.3 is 0 Å². The van der Waals surface area contributed by atoms with Crippen molar-refractivity contribution in [1.29, 1.82) is 0 Å². The number of hydrogen-bond donors (Lipinski definition) is 1. The molecule has 4 heteroatoms. The van der Waals surface area contributed by atoms with Crippen LogP contribution in [0.25, 0.3) is 0 Å². The molecule has 2 rings (SSSR count). The van der Waals surface area contributed by atoms with Gasteiger partial charge < -0.3 is 10.0 Å². The molecule has 0 radical (unpaired) electrons. The van der Waals surface area contributed by atoms with E-state index in [1.54, 1.807) is 4.90 Å². The lowest BCUT2D eigenvalue weighted by molar-refractivity contribution is -0.135. The minimum Gasteiger partial charge on any atom is -0.390 e. The number of nitrogens with zero attached hydrogens (tertiary/aromatic N) is 2. The molecule has 128 valence electrons. The molecule has 1 aliphatic carbocycles. The molecule has 1 amide bonds. The highest BCUT2D eigenvalue weighted by Gasteiger charge is 2.32. The Bertz CT molecular complexity index is 536. The SMILES string of the molecule is Cc1cccc([C@H](C(=O)N(C)CCC2(O)CCCC2)N(C)C)c1. The molecule has 1 aliphatic rings. The summed E-state index contributed by atoms with van der Waals surface area (Å²) in [5, 5.41) is 10.5. The minimum atomic E-state index is -0.564. The number of hydrogen-bond acceptors (Lipinski definition) is 3. The van der Waals surface area contributed by atoms with E-state index >= 15 is 0 Å². The predicted octanol–water partition coefficient (Wildman–Crippen LogP) is 2.75. The number of likely N-dealkylation sites (N-methyl/N-ethyl adjacent to an activating group) is 2. The molecule has 0 bridgehead atoms. The van der Waals surface area contributed by atoms with E-state index in [0.717, 1.165) is 36.8 Å². The molecule has 1 fully saturated rings. The van der Waals surface area contributed by atoms with Crippen molar-refractivity contribution in [1.82, 2.24) is 9.80 Å². The van der Waals surface area contributed by atoms with E-state index in [4.69, 9.17) is 0 Å². The summed E-state index contributed by atoms with van der Waals surface area (Å²) in [7, 11) is 5.71. The van der Waals surface area contributed by atoms with E-state index in [0.29, 0.717) is 13.0 Å². The van der Waals surface area contributed by atoms with Crippen LogP contribution in [0.4, 0.5) is 0 Å². The van der Waals surface area contributed by atoms with Crippen LogP contribution < -0.4 is 0 Å². The van der Waals surface area contributed by atoms with Crippen molar-refractivity contribution in [3.05, 3.63) is 35.4 Å². The largest absolute Gasteiger partial charge is 0.390 e. The summed E-state index contributed by atoms with van der Waals surface area (Å²) in [6.45, 7) is 2.64. The van der Waals surface area contributed by atoms with Gasteiger partial charge in [-0.25, -0.2) is 0 Å². The molecule has 1 aromatic carbocycles. The molecule has 0 unspecified atom stereocenters. The number of rotatable bonds is 6. The van der Waals surface area contributed by atoms with Gasteiger partial charge in [0.25, 0.3) is 0 Å². The monoisotopic (exact) mass is 318 g/mol. The van der Waals surface area contributed by atoms with Gasteiger partial charge in [-0.3, -0.25) is 9.69 Å². The van der Waals surface area contributed by atoms with Crippen molar-refractivity contribution in [2.75, 3.05) is 27.7 Å². The lowest BCUT2D eigenvalue weighted by Gasteiger charge is -2.31. The van der Waals surface area contributed by atoms with Crippen LogP contribution in [-0.4, -0.2) is 54.1 Å².